The van der Waals surface area contributed by atoms with E-state index in [9.17, 15) is 4.79 Å². The van der Waals surface area contributed by atoms with Crippen LogP contribution in [0, 0.1) is 5.41 Å². The molecule has 0 saturated carbocycles. The third-order valence-corrected chi connectivity index (χ3v) is 5.62. The molecule has 1 amide bonds. The zero-order valence-corrected chi connectivity index (χ0v) is 16.7. The molecule has 0 bridgehead atoms. The lowest BCUT2D eigenvalue weighted by Gasteiger charge is -2.42. The van der Waals surface area contributed by atoms with E-state index in [4.69, 9.17) is 14.7 Å². The summed E-state index contributed by atoms with van der Waals surface area (Å²) in [6.07, 6.45) is 2.36. The van der Waals surface area contributed by atoms with Gasteiger partial charge in [-0.2, -0.15) is 0 Å². The van der Waals surface area contributed by atoms with E-state index in [-0.39, 0.29) is 23.3 Å². The lowest BCUT2D eigenvalue weighted by atomic mass is 9.79. The first-order valence-electron chi connectivity index (χ1n) is 9.67. The van der Waals surface area contributed by atoms with Crippen molar-refractivity contribution in [2.45, 2.75) is 46.1 Å². The monoisotopic (exact) mass is 382 g/mol. The number of carbonyl (C=O) groups excluding carboxylic acids is 1. The van der Waals surface area contributed by atoms with Crippen molar-refractivity contribution in [1.82, 2.24) is 15.0 Å². The fourth-order valence-corrected chi connectivity index (χ4v) is 3.80. The molecule has 1 aliphatic heterocycles. The van der Waals surface area contributed by atoms with Crippen molar-refractivity contribution in [3.05, 3.63) is 35.7 Å². The molecule has 3 aromatic heterocycles. The molecule has 4 heterocycles. The zero-order valence-electron chi connectivity index (χ0n) is 16.7. The fourth-order valence-electron chi connectivity index (χ4n) is 3.80. The Morgan fingerprint density at radius 2 is 2.18 bits per heavy atom. The summed E-state index contributed by atoms with van der Waals surface area (Å²) in [5.41, 5.74) is 8.32. The first-order valence-corrected chi connectivity index (χ1v) is 9.67. The van der Waals surface area contributed by atoms with Gasteiger partial charge in [-0.05, 0) is 36.0 Å². The molecule has 1 saturated heterocycles. The van der Waals surface area contributed by atoms with Crippen molar-refractivity contribution < 1.29 is 13.7 Å². The van der Waals surface area contributed by atoms with Crippen molar-refractivity contribution in [2.75, 3.05) is 13.1 Å². The second kappa shape index (κ2) is 6.74. The maximum atomic E-state index is 13.6. The van der Waals surface area contributed by atoms with E-state index < -0.39 is 0 Å². The highest BCUT2D eigenvalue weighted by molar-refractivity contribution is 6.07. The summed E-state index contributed by atoms with van der Waals surface area (Å²) in [5.74, 6) is 0.639. The van der Waals surface area contributed by atoms with Crippen LogP contribution in [0.1, 0.15) is 56.1 Å². The van der Waals surface area contributed by atoms with Gasteiger partial charge in [0.25, 0.3) is 11.6 Å². The Bertz CT molecular complexity index is 1000. The maximum Gasteiger partial charge on any atom is 0.259 e. The number of carbonyl (C=O) groups is 1. The Hall–Kier alpha value is -2.67. The number of pyridine rings is 1. The topological polar surface area (TPSA) is 98.4 Å². The van der Waals surface area contributed by atoms with Crippen LogP contribution in [-0.2, 0) is 0 Å². The summed E-state index contributed by atoms with van der Waals surface area (Å²) in [4.78, 5) is 20.0. The molecular formula is C21H26N4O3. The highest BCUT2D eigenvalue weighted by atomic mass is 16.5. The fraction of sp³-hybridized carbons (Fsp3) is 0.476. The number of fused-ring (bicyclic) bond motifs is 1. The van der Waals surface area contributed by atoms with Gasteiger partial charge in [0.05, 0.1) is 22.9 Å². The van der Waals surface area contributed by atoms with Gasteiger partial charge in [0.15, 0.2) is 5.76 Å². The molecule has 1 atom stereocenters. The second-order valence-electron chi connectivity index (χ2n) is 8.55. The maximum absolute atomic E-state index is 13.6. The summed E-state index contributed by atoms with van der Waals surface area (Å²) in [6, 6.07) is 5.46. The summed E-state index contributed by atoms with van der Waals surface area (Å²) >= 11 is 0. The van der Waals surface area contributed by atoms with Crippen LogP contribution in [-0.4, -0.2) is 40.1 Å². The van der Waals surface area contributed by atoms with Crippen molar-refractivity contribution in [1.29, 1.82) is 0 Å². The standard InChI is InChI=1S/C21H26N4O3/c1-12(2)18-17-13(20(26)25-8-7-16(22)21(3,4)11-25)10-14(15-6-5-9-27-15)23-19(17)28-24-18/h5-6,9-10,12,16H,7-8,11,22H2,1-4H3. The number of likely N-dealkylation sites (tertiary alicyclic amines) is 1. The highest BCUT2D eigenvalue weighted by Gasteiger charge is 2.36. The minimum absolute atomic E-state index is 0.0507. The van der Waals surface area contributed by atoms with E-state index in [0.29, 0.717) is 41.2 Å². The number of aromatic nitrogens is 2. The van der Waals surface area contributed by atoms with Crippen molar-refractivity contribution >= 4 is 17.0 Å². The quantitative estimate of drug-likeness (QED) is 0.740. The number of furan rings is 1. The van der Waals surface area contributed by atoms with Gasteiger partial charge in [0, 0.05) is 19.1 Å². The van der Waals surface area contributed by atoms with Crippen LogP contribution in [0.2, 0.25) is 0 Å². The lowest BCUT2D eigenvalue weighted by molar-refractivity contribution is 0.0535. The van der Waals surface area contributed by atoms with Crippen LogP contribution < -0.4 is 5.73 Å². The van der Waals surface area contributed by atoms with Crippen LogP contribution in [0.25, 0.3) is 22.6 Å². The zero-order chi connectivity index (χ0) is 20.1. The first-order chi connectivity index (χ1) is 13.3. The molecule has 7 nitrogen and oxygen atoms in total. The normalized spacial score (nSPS) is 19.5. The van der Waals surface area contributed by atoms with E-state index in [2.05, 4.69) is 24.0 Å². The van der Waals surface area contributed by atoms with Gasteiger partial charge in [-0.25, -0.2) is 4.98 Å². The van der Waals surface area contributed by atoms with Crippen molar-refractivity contribution in [3.8, 4) is 11.5 Å². The largest absolute Gasteiger partial charge is 0.463 e. The Balaban J connectivity index is 1.84. The minimum atomic E-state index is -0.139. The number of hydrogen-bond donors (Lipinski definition) is 1. The van der Waals surface area contributed by atoms with E-state index in [1.54, 1.807) is 18.4 Å². The molecule has 0 aliphatic carbocycles. The molecule has 3 aromatic rings. The summed E-state index contributed by atoms with van der Waals surface area (Å²) in [6.45, 7) is 9.49. The lowest BCUT2D eigenvalue weighted by Crippen LogP contribution is -2.54. The van der Waals surface area contributed by atoms with Crippen LogP contribution in [0.4, 0.5) is 0 Å². The number of piperidine rings is 1. The molecule has 0 aromatic carbocycles. The average Bonchev–Trinajstić information content (AvgIpc) is 3.31. The highest BCUT2D eigenvalue weighted by Crippen LogP contribution is 2.34. The van der Waals surface area contributed by atoms with Gasteiger partial charge >= 0.3 is 0 Å². The summed E-state index contributed by atoms with van der Waals surface area (Å²) < 4.78 is 11.0. The predicted molar refractivity (Wildman–Crippen MR) is 106 cm³/mol. The summed E-state index contributed by atoms with van der Waals surface area (Å²) in [5, 5.41) is 4.87. The molecule has 148 valence electrons. The second-order valence-corrected chi connectivity index (χ2v) is 8.55. The molecule has 1 fully saturated rings. The van der Waals surface area contributed by atoms with Gasteiger partial charge in [0.1, 0.15) is 5.69 Å². The van der Waals surface area contributed by atoms with Crippen molar-refractivity contribution in [2.24, 2.45) is 11.1 Å². The van der Waals surface area contributed by atoms with Crippen molar-refractivity contribution in [3.63, 3.8) is 0 Å². The molecular weight excluding hydrogens is 356 g/mol. The SMILES string of the molecule is CC(C)c1noc2nc(-c3ccco3)cc(C(=O)N3CCC(N)C(C)(C)C3)c12. The molecule has 0 radical (unpaired) electrons. The van der Waals surface area contributed by atoms with Gasteiger partial charge in [-0.3, -0.25) is 4.79 Å². The van der Waals surface area contributed by atoms with Gasteiger partial charge in [-0.1, -0.05) is 32.9 Å². The molecule has 28 heavy (non-hydrogen) atoms. The van der Waals surface area contributed by atoms with Crippen LogP contribution in [0.5, 0.6) is 0 Å². The van der Waals surface area contributed by atoms with Crippen LogP contribution in [0.3, 0.4) is 0 Å². The van der Waals surface area contributed by atoms with E-state index >= 15 is 0 Å². The molecule has 1 unspecified atom stereocenters. The van der Waals surface area contributed by atoms with Crippen LogP contribution >= 0.6 is 0 Å². The number of nitrogens with two attached hydrogens (primary N) is 1. The molecule has 4 rings (SSSR count). The molecule has 2 N–H and O–H groups in total. The Kier molecular flexibility index (Phi) is 4.50. The smallest absolute Gasteiger partial charge is 0.259 e. The third kappa shape index (κ3) is 3.09. The van der Waals surface area contributed by atoms with Crippen LogP contribution in [0.15, 0.2) is 33.4 Å². The molecule has 1 aliphatic rings. The first kappa shape index (κ1) is 18.7. The van der Waals surface area contributed by atoms with E-state index in [0.717, 1.165) is 12.1 Å². The molecule has 0 spiro atoms. The molecule has 7 heteroatoms. The number of nitrogens with zero attached hydrogens (tertiary/aromatic N) is 3. The number of amides is 1. The van der Waals surface area contributed by atoms with E-state index in [1.165, 1.54) is 0 Å². The predicted octanol–water partition coefficient (Wildman–Crippen LogP) is 3.81. The Labute approximate surface area is 163 Å². The van der Waals surface area contributed by atoms with Gasteiger partial charge < -0.3 is 19.6 Å². The van der Waals surface area contributed by atoms with Gasteiger partial charge in [0.2, 0.25) is 0 Å². The third-order valence-electron chi connectivity index (χ3n) is 5.62. The number of rotatable bonds is 3. The summed E-state index contributed by atoms with van der Waals surface area (Å²) in [7, 11) is 0. The Morgan fingerprint density at radius 3 is 2.82 bits per heavy atom. The van der Waals surface area contributed by atoms with E-state index in [1.807, 2.05) is 24.8 Å². The van der Waals surface area contributed by atoms with Gasteiger partial charge in [-0.15, -0.1) is 0 Å². The number of hydrogen-bond acceptors (Lipinski definition) is 6. The average molecular weight is 382 g/mol. The minimum Gasteiger partial charge on any atom is -0.463 e. The Morgan fingerprint density at radius 1 is 1.39 bits per heavy atom.